The average Bonchev–Trinajstić information content (AvgIpc) is 2.95. The van der Waals surface area contributed by atoms with Crippen LogP contribution in [0.3, 0.4) is 0 Å². The number of rotatable bonds is 7. The molecule has 0 aliphatic heterocycles. The Hall–Kier alpha value is -1.97. The van der Waals surface area contributed by atoms with E-state index in [9.17, 15) is 17.6 Å². The molecule has 28 heavy (non-hydrogen) atoms. The SMILES string of the molecule is CSCCn1c(=NC(=O)CS(=O)(=O)Cc2ccccc2)sc2cc(F)ccc21. The second kappa shape index (κ2) is 9.02. The Balaban J connectivity index is 1.89. The third kappa shape index (κ3) is 5.30. The summed E-state index contributed by atoms with van der Waals surface area (Å²) in [6, 6.07) is 13.1. The lowest BCUT2D eigenvalue weighted by Gasteiger charge is -2.04. The fraction of sp³-hybridized carbons (Fsp3) is 0.263. The zero-order chi connectivity index (χ0) is 20.1. The highest BCUT2D eigenvalue weighted by Crippen LogP contribution is 2.19. The van der Waals surface area contributed by atoms with Crippen molar-refractivity contribution in [3.05, 3.63) is 64.7 Å². The van der Waals surface area contributed by atoms with Crippen LogP contribution in [0.25, 0.3) is 10.2 Å². The number of thiazole rings is 1. The molecule has 0 radical (unpaired) electrons. The van der Waals surface area contributed by atoms with Crippen molar-refractivity contribution in [2.75, 3.05) is 17.8 Å². The van der Waals surface area contributed by atoms with Gasteiger partial charge in [0.05, 0.1) is 16.0 Å². The molecule has 0 fully saturated rings. The summed E-state index contributed by atoms with van der Waals surface area (Å²) in [5, 5.41) is 0. The van der Waals surface area contributed by atoms with E-state index in [0.717, 1.165) is 11.3 Å². The zero-order valence-corrected chi connectivity index (χ0v) is 17.6. The van der Waals surface area contributed by atoms with Gasteiger partial charge in [-0.3, -0.25) is 4.79 Å². The molecule has 3 aromatic rings. The molecule has 0 aliphatic carbocycles. The quantitative estimate of drug-likeness (QED) is 0.568. The van der Waals surface area contributed by atoms with Crippen molar-refractivity contribution in [3.8, 4) is 0 Å². The maximum absolute atomic E-state index is 13.5. The highest BCUT2D eigenvalue weighted by atomic mass is 32.2. The van der Waals surface area contributed by atoms with Gasteiger partial charge in [-0.25, -0.2) is 12.8 Å². The first-order valence-electron chi connectivity index (χ1n) is 8.48. The van der Waals surface area contributed by atoms with Gasteiger partial charge in [0, 0.05) is 12.3 Å². The number of carbonyl (C=O) groups excluding carboxylic acids is 1. The molecule has 1 amide bonds. The Kier molecular flexibility index (Phi) is 6.69. The van der Waals surface area contributed by atoms with Gasteiger partial charge in [0.1, 0.15) is 11.6 Å². The highest BCUT2D eigenvalue weighted by molar-refractivity contribution is 7.98. The number of hydrogen-bond donors (Lipinski definition) is 0. The van der Waals surface area contributed by atoms with Gasteiger partial charge in [0.25, 0.3) is 5.91 Å². The third-order valence-corrected chi connectivity index (χ3v) is 7.05. The van der Waals surface area contributed by atoms with Crippen molar-refractivity contribution in [1.29, 1.82) is 0 Å². The van der Waals surface area contributed by atoms with Crippen LogP contribution in [0.15, 0.2) is 53.5 Å². The van der Waals surface area contributed by atoms with Crippen LogP contribution < -0.4 is 4.80 Å². The summed E-state index contributed by atoms with van der Waals surface area (Å²) in [4.78, 5) is 16.8. The maximum Gasteiger partial charge on any atom is 0.263 e. The maximum atomic E-state index is 13.5. The molecule has 0 bridgehead atoms. The smallest absolute Gasteiger partial charge is 0.263 e. The molecule has 148 valence electrons. The Morgan fingerprint density at radius 3 is 2.68 bits per heavy atom. The molecule has 0 saturated heterocycles. The number of carbonyl (C=O) groups is 1. The summed E-state index contributed by atoms with van der Waals surface area (Å²) in [5.41, 5.74) is 1.40. The van der Waals surface area contributed by atoms with Gasteiger partial charge in [-0.05, 0) is 30.0 Å². The number of halogens is 1. The molecule has 0 atom stereocenters. The minimum absolute atomic E-state index is 0.209. The molecule has 0 saturated carbocycles. The molecule has 0 N–H and O–H groups in total. The predicted molar refractivity (Wildman–Crippen MR) is 113 cm³/mol. The fourth-order valence-corrected chi connectivity index (χ4v) is 5.44. The summed E-state index contributed by atoms with van der Waals surface area (Å²) in [6.07, 6.45) is 1.97. The van der Waals surface area contributed by atoms with Crippen LogP contribution in [0.2, 0.25) is 0 Å². The molecule has 0 spiro atoms. The van der Waals surface area contributed by atoms with E-state index in [2.05, 4.69) is 4.99 Å². The number of aryl methyl sites for hydroxylation is 1. The number of aromatic nitrogens is 1. The van der Waals surface area contributed by atoms with Crippen LogP contribution in [-0.4, -0.2) is 36.7 Å². The Bertz CT molecular complexity index is 1150. The van der Waals surface area contributed by atoms with E-state index >= 15 is 0 Å². The average molecular weight is 439 g/mol. The highest BCUT2D eigenvalue weighted by Gasteiger charge is 2.18. The zero-order valence-electron chi connectivity index (χ0n) is 15.2. The van der Waals surface area contributed by atoms with E-state index in [4.69, 9.17) is 0 Å². The van der Waals surface area contributed by atoms with E-state index in [1.807, 2.05) is 10.8 Å². The van der Waals surface area contributed by atoms with Gasteiger partial charge in [0.15, 0.2) is 14.6 Å². The van der Waals surface area contributed by atoms with Crippen LogP contribution in [-0.2, 0) is 26.9 Å². The number of fused-ring (bicyclic) bond motifs is 1. The van der Waals surface area contributed by atoms with Gasteiger partial charge < -0.3 is 4.57 Å². The van der Waals surface area contributed by atoms with Crippen LogP contribution in [0.1, 0.15) is 5.56 Å². The lowest BCUT2D eigenvalue weighted by molar-refractivity contribution is -0.115. The monoisotopic (exact) mass is 438 g/mol. The van der Waals surface area contributed by atoms with E-state index in [1.165, 1.54) is 23.5 Å². The molecule has 0 aliphatic rings. The predicted octanol–water partition coefficient (Wildman–Crippen LogP) is 3.25. The lowest BCUT2D eigenvalue weighted by atomic mass is 10.2. The second-order valence-corrected chi connectivity index (χ2v) is 10.2. The first kappa shape index (κ1) is 20.8. The summed E-state index contributed by atoms with van der Waals surface area (Å²) >= 11 is 2.82. The molecule has 1 heterocycles. The number of benzene rings is 2. The van der Waals surface area contributed by atoms with E-state index in [-0.39, 0.29) is 11.6 Å². The topological polar surface area (TPSA) is 68.5 Å². The summed E-state index contributed by atoms with van der Waals surface area (Å²) < 4.78 is 40.7. The van der Waals surface area contributed by atoms with Crippen molar-refractivity contribution in [2.24, 2.45) is 4.99 Å². The minimum atomic E-state index is -3.63. The Labute approximate surface area is 170 Å². The minimum Gasteiger partial charge on any atom is -0.316 e. The van der Waals surface area contributed by atoms with Crippen molar-refractivity contribution < 1.29 is 17.6 Å². The number of amides is 1. The molecule has 2 aromatic carbocycles. The molecule has 1 aromatic heterocycles. The van der Waals surface area contributed by atoms with E-state index in [0.29, 0.717) is 21.6 Å². The first-order valence-corrected chi connectivity index (χ1v) is 12.5. The van der Waals surface area contributed by atoms with Gasteiger partial charge in [-0.2, -0.15) is 16.8 Å². The molecule has 5 nitrogen and oxygen atoms in total. The van der Waals surface area contributed by atoms with Crippen LogP contribution in [0.4, 0.5) is 4.39 Å². The Morgan fingerprint density at radius 1 is 1.21 bits per heavy atom. The fourth-order valence-electron chi connectivity index (χ4n) is 2.74. The lowest BCUT2D eigenvalue weighted by Crippen LogP contribution is -2.22. The van der Waals surface area contributed by atoms with Gasteiger partial charge >= 0.3 is 0 Å². The summed E-state index contributed by atoms with van der Waals surface area (Å²) in [7, 11) is -3.63. The van der Waals surface area contributed by atoms with Crippen LogP contribution in [0.5, 0.6) is 0 Å². The normalized spacial score (nSPS) is 12.6. The standard InChI is InChI=1S/C19H19FN2O3S3/c1-26-10-9-22-16-8-7-15(20)11-17(16)27-19(22)21-18(23)13-28(24,25)12-14-5-3-2-4-6-14/h2-8,11H,9-10,12-13H2,1H3. The molecular weight excluding hydrogens is 419 g/mol. The molecular formula is C19H19FN2O3S3. The number of hydrogen-bond acceptors (Lipinski definition) is 5. The largest absolute Gasteiger partial charge is 0.316 e. The summed E-state index contributed by atoms with van der Waals surface area (Å²) in [6.45, 7) is 0.593. The van der Waals surface area contributed by atoms with Crippen LogP contribution >= 0.6 is 23.1 Å². The summed E-state index contributed by atoms with van der Waals surface area (Å²) in [5.74, 6) is -1.17. The molecule has 3 rings (SSSR count). The van der Waals surface area contributed by atoms with E-state index < -0.39 is 21.5 Å². The van der Waals surface area contributed by atoms with Gasteiger partial charge in [0.2, 0.25) is 0 Å². The number of sulfone groups is 1. The van der Waals surface area contributed by atoms with Crippen molar-refractivity contribution in [2.45, 2.75) is 12.3 Å². The molecule has 0 unspecified atom stereocenters. The van der Waals surface area contributed by atoms with Crippen molar-refractivity contribution >= 4 is 49.1 Å². The van der Waals surface area contributed by atoms with Gasteiger partial charge in [-0.1, -0.05) is 41.7 Å². The Morgan fingerprint density at radius 2 is 1.96 bits per heavy atom. The second-order valence-electron chi connectivity index (χ2n) is 6.16. The number of nitrogens with zero attached hydrogens (tertiary/aromatic N) is 2. The molecule has 9 heteroatoms. The van der Waals surface area contributed by atoms with Crippen molar-refractivity contribution in [1.82, 2.24) is 4.57 Å². The first-order chi connectivity index (χ1) is 13.4. The third-order valence-electron chi connectivity index (χ3n) is 3.96. The van der Waals surface area contributed by atoms with E-state index in [1.54, 1.807) is 48.2 Å². The number of thioether (sulfide) groups is 1. The van der Waals surface area contributed by atoms with Crippen molar-refractivity contribution in [3.63, 3.8) is 0 Å². The van der Waals surface area contributed by atoms with Crippen LogP contribution in [0, 0.1) is 5.82 Å². The van der Waals surface area contributed by atoms with Gasteiger partial charge in [-0.15, -0.1) is 0 Å².